The van der Waals surface area contributed by atoms with Gasteiger partial charge in [0.25, 0.3) is 0 Å². The Labute approximate surface area is 105 Å². The maximum atomic E-state index is 11.8. The highest BCUT2D eigenvalue weighted by atomic mass is 16.2. The zero-order valence-corrected chi connectivity index (χ0v) is 11.3. The van der Waals surface area contributed by atoms with Crippen molar-refractivity contribution in [3.8, 4) is 0 Å². The van der Waals surface area contributed by atoms with E-state index in [0.717, 1.165) is 24.3 Å². The van der Waals surface area contributed by atoms with Gasteiger partial charge in [0.2, 0.25) is 5.91 Å². The molecule has 2 saturated carbocycles. The van der Waals surface area contributed by atoms with E-state index in [-0.39, 0.29) is 18.0 Å². The number of carbonyl (C=O) groups is 1. The van der Waals surface area contributed by atoms with Crippen LogP contribution in [0, 0.1) is 17.8 Å². The zero-order valence-electron chi connectivity index (χ0n) is 11.3. The van der Waals surface area contributed by atoms with Gasteiger partial charge in [-0.2, -0.15) is 0 Å². The van der Waals surface area contributed by atoms with Crippen LogP contribution in [-0.4, -0.2) is 24.5 Å². The Bertz CT molecular complexity index is 257. The Morgan fingerprint density at radius 1 is 1.12 bits per heavy atom. The fourth-order valence-electron chi connectivity index (χ4n) is 2.58. The van der Waals surface area contributed by atoms with Gasteiger partial charge >= 0.3 is 0 Å². The van der Waals surface area contributed by atoms with Crippen LogP contribution in [0.15, 0.2) is 0 Å². The van der Waals surface area contributed by atoms with Gasteiger partial charge in [0.15, 0.2) is 0 Å². The number of hydrogen-bond acceptors (Lipinski definition) is 2. The Morgan fingerprint density at radius 2 is 1.65 bits per heavy atom. The predicted octanol–water partition coefficient (Wildman–Crippen LogP) is 1.93. The van der Waals surface area contributed by atoms with Crippen LogP contribution in [-0.2, 0) is 4.79 Å². The summed E-state index contributed by atoms with van der Waals surface area (Å²) in [4.78, 5) is 11.8. The number of carbonyl (C=O) groups excluding carboxylic acids is 1. The Balaban J connectivity index is 1.70. The first-order chi connectivity index (χ1) is 8.08. The summed E-state index contributed by atoms with van der Waals surface area (Å²) in [6, 6.07) is 0.173. The smallest absolute Gasteiger partial charge is 0.237 e. The van der Waals surface area contributed by atoms with E-state index < -0.39 is 0 Å². The van der Waals surface area contributed by atoms with Crippen LogP contribution in [0.2, 0.25) is 0 Å². The molecule has 0 aromatic rings. The van der Waals surface area contributed by atoms with E-state index in [1.807, 2.05) is 20.8 Å². The van der Waals surface area contributed by atoms with Crippen molar-refractivity contribution in [2.24, 2.45) is 17.8 Å². The van der Waals surface area contributed by atoms with Gasteiger partial charge in [-0.15, -0.1) is 0 Å². The predicted molar refractivity (Wildman–Crippen MR) is 69.7 cm³/mol. The SMILES string of the molecule is CC(C)NC(=O)C(C)NCC(C1CC1)C1CC1. The van der Waals surface area contributed by atoms with E-state index in [9.17, 15) is 4.79 Å². The van der Waals surface area contributed by atoms with Crippen LogP contribution in [0.5, 0.6) is 0 Å². The lowest BCUT2D eigenvalue weighted by molar-refractivity contribution is -0.123. The first kappa shape index (κ1) is 12.9. The van der Waals surface area contributed by atoms with Gasteiger partial charge in [0, 0.05) is 6.04 Å². The number of nitrogens with one attached hydrogen (secondary N) is 2. The molecule has 0 radical (unpaired) electrons. The third-order valence-corrected chi connectivity index (χ3v) is 3.94. The molecule has 0 aromatic heterocycles. The summed E-state index contributed by atoms with van der Waals surface area (Å²) in [6.07, 6.45) is 5.65. The van der Waals surface area contributed by atoms with Gasteiger partial charge in [-0.05, 0) is 70.8 Å². The molecule has 2 aliphatic carbocycles. The standard InChI is InChI=1S/C14H26N2O/c1-9(2)16-14(17)10(3)15-8-13(11-4-5-11)12-6-7-12/h9-13,15H,4-8H2,1-3H3,(H,16,17). The molecule has 2 N–H and O–H groups in total. The Morgan fingerprint density at radius 3 is 2.06 bits per heavy atom. The van der Waals surface area contributed by atoms with Gasteiger partial charge in [0.1, 0.15) is 0 Å². The van der Waals surface area contributed by atoms with Crippen molar-refractivity contribution in [2.45, 2.75) is 58.5 Å². The van der Waals surface area contributed by atoms with Gasteiger partial charge in [-0.1, -0.05) is 0 Å². The first-order valence-corrected chi connectivity index (χ1v) is 7.11. The molecule has 0 bridgehead atoms. The topological polar surface area (TPSA) is 41.1 Å². The molecule has 0 heterocycles. The van der Waals surface area contributed by atoms with Crippen molar-refractivity contribution in [3.05, 3.63) is 0 Å². The molecule has 3 heteroatoms. The second-order valence-electron chi connectivity index (χ2n) is 6.13. The fourth-order valence-corrected chi connectivity index (χ4v) is 2.58. The van der Waals surface area contributed by atoms with Gasteiger partial charge in [-0.3, -0.25) is 4.79 Å². The van der Waals surface area contributed by atoms with Crippen LogP contribution in [0.1, 0.15) is 46.5 Å². The molecule has 0 aliphatic heterocycles. The Kier molecular flexibility index (Phi) is 4.08. The molecule has 1 unspecified atom stereocenters. The molecule has 1 amide bonds. The van der Waals surface area contributed by atoms with Crippen LogP contribution in [0.3, 0.4) is 0 Å². The van der Waals surface area contributed by atoms with E-state index >= 15 is 0 Å². The molecule has 0 aromatic carbocycles. The lowest BCUT2D eigenvalue weighted by Gasteiger charge is -2.20. The van der Waals surface area contributed by atoms with Crippen molar-refractivity contribution in [2.75, 3.05) is 6.54 Å². The van der Waals surface area contributed by atoms with E-state index in [0.29, 0.717) is 0 Å². The van der Waals surface area contributed by atoms with Gasteiger partial charge < -0.3 is 10.6 Å². The van der Waals surface area contributed by atoms with E-state index in [2.05, 4.69) is 10.6 Å². The highest BCUT2D eigenvalue weighted by Crippen LogP contribution is 2.48. The summed E-state index contributed by atoms with van der Waals surface area (Å²) in [7, 11) is 0. The molecule has 3 nitrogen and oxygen atoms in total. The maximum absolute atomic E-state index is 11.8. The first-order valence-electron chi connectivity index (χ1n) is 7.11. The lowest BCUT2D eigenvalue weighted by Crippen LogP contribution is -2.46. The third kappa shape index (κ3) is 3.98. The van der Waals surface area contributed by atoms with Crippen LogP contribution in [0.4, 0.5) is 0 Å². The Hall–Kier alpha value is -0.570. The van der Waals surface area contributed by atoms with Crippen molar-refractivity contribution in [1.29, 1.82) is 0 Å². The average Bonchev–Trinajstić information content (AvgIpc) is 3.11. The van der Waals surface area contributed by atoms with Crippen LogP contribution >= 0.6 is 0 Å². The highest BCUT2D eigenvalue weighted by Gasteiger charge is 2.41. The minimum absolute atomic E-state index is 0.0580. The second-order valence-corrected chi connectivity index (χ2v) is 6.13. The average molecular weight is 238 g/mol. The van der Waals surface area contributed by atoms with Crippen molar-refractivity contribution in [3.63, 3.8) is 0 Å². The van der Waals surface area contributed by atoms with Crippen molar-refractivity contribution < 1.29 is 4.79 Å². The maximum Gasteiger partial charge on any atom is 0.237 e. The molecule has 2 aliphatic rings. The summed E-state index contributed by atoms with van der Waals surface area (Å²) in [5.41, 5.74) is 0. The van der Waals surface area contributed by atoms with E-state index in [4.69, 9.17) is 0 Å². The van der Waals surface area contributed by atoms with Gasteiger partial charge in [-0.25, -0.2) is 0 Å². The van der Waals surface area contributed by atoms with Gasteiger partial charge in [0.05, 0.1) is 6.04 Å². The minimum atomic E-state index is -0.0580. The largest absolute Gasteiger partial charge is 0.353 e. The fraction of sp³-hybridized carbons (Fsp3) is 0.929. The normalized spacial score (nSPS) is 21.9. The summed E-state index contributed by atoms with van der Waals surface area (Å²) < 4.78 is 0. The number of hydrogen-bond donors (Lipinski definition) is 2. The van der Waals surface area contributed by atoms with Crippen molar-refractivity contribution >= 4 is 5.91 Å². The molecule has 2 fully saturated rings. The summed E-state index contributed by atoms with van der Waals surface area (Å²) in [5.74, 6) is 2.88. The monoisotopic (exact) mass is 238 g/mol. The summed E-state index contributed by atoms with van der Waals surface area (Å²) >= 11 is 0. The lowest BCUT2D eigenvalue weighted by atomic mass is 9.97. The molecule has 98 valence electrons. The summed E-state index contributed by atoms with van der Waals surface area (Å²) in [6.45, 7) is 7.00. The van der Waals surface area contributed by atoms with Crippen molar-refractivity contribution in [1.82, 2.24) is 10.6 Å². The zero-order chi connectivity index (χ0) is 12.4. The molecule has 1 atom stereocenters. The van der Waals surface area contributed by atoms with Crippen LogP contribution in [0.25, 0.3) is 0 Å². The molecule has 0 spiro atoms. The van der Waals surface area contributed by atoms with Crippen LogP contribution < -0.4 is 10.6 Å². The molecule has 2 rings (SSSR count). The quantitative estimate of drug-likeness (QED) is 0.711. The van der Waals surface area contributed by atoms with E-state index in [1.165, 1.54) is 25.7 Å². The third-order valence-electron chi connectivity index (χ3n) is 3.94. The number of amides is 1. The van der Waals surface area contributed by atoms with E-state index in [1.54, 1.807) is 0 Å². The minimum Gasteiger partial charge on any atom is -0.353 e. The highest BCUT2D eigenvalue weighted by molar-refractivity contribution is 5.81. The molecule has 17 heavy (non-hydrogen) atoms. The number of rotatable bonds is 7. The molecular formula is C14H26N2O. The second kappa shape index (κ2) is 5.38. The molecule has 0 saturated heterocycles. The molecular weight excluding hydrogens is 212 g/mol. The summed E-state index contributed by atoms with van der Waals surface area (Å²) in [5, 5.41) is 6.37.